The minimum atomic E-state index is -0.212. The summed E-state index contributed by atoms with van der Waals surface area (Å²) in [6, 6.07) is 4.23. The van der Waals surface area contributed by atoms with Gasteiger partial charge in [0.05, 0.1) is 5.60 Å². The molecule has 3 heterocycles. The fourth-order valence-corrected chi connectivity index (χ4v) is 3.82. The monoisotopic (exact) mass is 534 g/mol. The molecule has 1 aliphatic rings. The van der Waals surface area contributed by atoms with E-state index in [2.05, 4.69) is 38.3 Å². The quantitative estimate of drug-likeness (QED) is 0.307. The standard InChI is InChI=1S/C19H30N6O2S.HI/c1-15-23-24-17(25(15)2)13-21-18(20-9-6-16-5-4-12-28-16)22-14-19(26-3)7-10-27-11-8-19;/h4-5,12H,6-11,13-14H2,1-3H3,(H2,20,21,22);1H. The largest absolute Gasteiger partial charge is 0.381 e. The highest BCUT2D eigenvalue weighted by molar-refractivity contribution is 14.0. The molecule has 8 nitrogen and oxygen atoms in total. The van der Waals surface area contributed by atoms with Gasteiger partial charge in [0, 0.05) is 58.2 Å². The topological polar surface area (TPSA) is 85.6 Å². The van der Waals surface area contributed by atoms with E-state index in [9.17, 15) is 0 Å². The Balaban J connectivity index is 0.00000300. The number of hydrogen-bond acceptors (Lipinski definition) is 6. The molecule has 2 N–H and O–H groups in total. The van der Waals surface area contributed by atoms with Crippen LogP contribution in [0.25, 0.3) is 0 Å². The molecular formula is C19H31IN6O2S. The van der Waals surface area contributed by atoms with Crippen LogP contribution in [0, 0.1) is 6.92 Å². The van der Waals surface area contributed by atoms with Crippen LogP contribution in [0.3, 0.4) is 0 Å². The van der Waals surface area contributed by atoms with Crippen LogP contribution < -0.4 is 10.6 Å². The highest BCUT2D eigenvalue weighted by Gasteiger charge is 2.32. The van der Waals surface area contributed by atoms with Crippen molar-refractivity contribution in [2.75, 3.05) is 33.4 Å². The summed E-state index contributed by atoms with van der Waals surface area (Å²) in [6.45, 7) is 5.36. The third kappa shape index (κ3) is 6.90. The van der Waals surface area contributed by atoms with Gasteiger partial charge in [0.1, 0.15) is 12.4 Å². The Hall–Kier alpha value is -1.24. The maximum atomic E-state index is 5.83. The van der Waals surface area contributed by atoms with Gasteiger partial charge >= 0.3 is 0 Å². The highest BCUT2D eigenvalue weighted by atomic mass is 127. The van der Waals surface area contributed by atoms with E-state index >= 15 is 0 Å². The Morgan fingerprint density at radius 2 is 2.14 bits per heavy atom. The molecule has 0 radical (unpaired) electrons. The van der Waals surface area contributed by atoms with E-state index in [4.69, 9.17) is 14.5 Å². The molecule has 10 heteroatoms. The fraction of sp³-hybridized carbons (Fsp3) is 0.632. The molecule has 162 valence electrons. The number of hydrogen-bond donors (Lipinski definition) is 2. The van der Waals surface area contributed by atoms with E-state index in [1.165, 1.54) is 4.88 Å². The average molecular weight is 534 g/mol. The molecule has 0 spiro atoms. The van der Waals surface area contributed by atoms with Crippen LogP contribution in [0.15, 0.2) is 22.5 Å². The molecule has 2 aromatic heterocycles. The van der Waals surface area contributed by atoms with Crippen molar-refractivity contribution in [2.24, 2.45) is 12.0 Å². The molecular weight excluding hydrogens is 503 g/mol. The second-order valence-electron chi connectivity index (χ2n) is 7.00. The van der Waals surface area contributed by atoms with E-state index in [1.807, 2.05) is 18.5 Å². The first-order chi connectivity index (χ1) is 13.6. The first-order valence-electron chi connectivity index (χ1n) is 9.64. The van der Waals surface area contributed by atoms with E-state index in [0.717, 1.165) is 56.6 Å². The molecule has 1 aliphatic heterocycles. The first kappa shape index (κ1) is 24.0. The Kier molecular flexibility index (Phi) is 9.80. The van der Waals surface area contributed by atoms with Crippen molar-refractivity contribution < 1.29 is 9.47 Å². The maximum absolute atomic E-state index is 5.83. The van der Waals surface area contributed by atoms with Crippen LogP contribution in [-0.2, 0) is 29.5 Å². The number of methoxy groups -OCH3 is 1. The minimum absolute atomic E-state index is 0. The van der Waals surface area contributed by atoms with Gasteiger partial charge in [-0.2, -0.15) is 0 Å². The van der Waals surface area contributed by atoms with Gasteiger partial charge in [0.2, 0.25) is 0 Å². The lowest BCUT2D eigenvalue weighted by Crippen LogP contribution is -2.51. The van der Waals surface area contributed by atoms with Crippen molar-refractivity contribution in [3.05, 3.63) is 34.0 Å². The van der Waals surface area contributed by atoms with Crippen molar-refractivity contribution in [3.63, 3.8) is 0 Å². The SMILES string of the molecule is COC1(CNC(=NCc2nnc(C)n2C)NCCc2cccs2)CCOCC1.I. The zero-order chi connectivity index (χ0) is 19.8. The maximum Gasteiger partial charge on any atom is 0.191 e. The summed E-state index contributed by atoms with van der Waals surface area (Å²) in [5.74, 6) is 2.48. The summed E-state index contributed by atoms with van der Waals surface area (Å²) in [4.78, 5) is 6.08. The molecule has 0 aliphatic carbocycles. The number of nitrogens with zero attached hydrogens (tertiary/aromatic N) is 4. The van der Waals surface area contributed by atoms with Gasteiger partial charge in [-0.15, -0.1) is 45.5 Å². The molecule has 29 heavy (non-hydrogen) atoms. The van der Waals surface area contributed by atoms with Gasteiger partial charge in [-0.1, -0.05) is 6.07 Å². The summed E-state index contributed by atoms with van der Waals surface area (Å²) in [6.07, 6.45) is 2.72. The van der Waals surface area contributed by atoms with Gasteiger partial charge in [0.25, 0.3) is 0 Å². The van der Waals surface area contributed by atoms with Gasteiger partial charge in [-0.05, 0) is 24.8 Å². The minimum Gasteiger partial charge on any atom is -0.381 e. The predicted octanol–water partition coefficient (Wildman–Crippen LogP) is 2.28. The smallest absolute Gasteiger partial charge is 0.191 e. The normalized spacial score (nSPS) is 16.3. The number of aliphatic imine (C=N–C) groups is 1. The first-order valence-corrected chi connectivity index (χ1v) is 10.5. The number of rotatable bonds is 8. The van der Waals surface area contributed by atoms with Crippen LogP contribution >= 0.6 is 35.3 Å². The lowest BCUT2D eigenvalue weighted by Gasteiger charge is -2.36. The average Bonchev–Trinajstić information content (AvgIpc) is 3.35. The number of guanidine groups is 1. The summed E-state index contributed by atoms with van der Waals surface area (Å²) >= 11 is 1.77. The van der Waals surface area contributed by atoms with Gasteiger partial charge in [-0.25, -0.2) is 4.99 Å². The lowest BCUT2D eigenvalue weighted by atomic mass is 9.94. The third-order valence-electron chi connectivity index (χ3n) is 5.22. The molecule has 0 bridgehead atoms. The van der Waals surface area contributed by atoms with E-state index < -0.39 is 0 Å². The van der Waals surface area contributed by atoms with Gasteiger partial charge in [-0.3, -0.25) is 0 Å². The molecule has 0 aromatic carbocycles. The summed E-state index contributed by atoms with van der Waals surface area (Å²) in [5.41, 5.74) is -0.212. The lowest BCUT2D eigenvalue weighted by molar-refractivity contribution is -0.0855. The van der Waals surface area contributed by atoms with Crippen molar-refractivity contribution >= 4 is 41.3 Å². The molecule has 1 fully saturated rings. The molecule has 0 atom stereocenters. The van der Waals surface area contributed by atoms with Crippen LogP contribution in [-0.4, -0.2) is 59.7 Å². The summed E-state index contributed by atoms with van der Waals surface area (Å²) in [5, 5.41) is 17.3. The summed E-state index contributed by atoms with van der Waals surface area (Å²) in [7, 11) is 3.73. The molecule has 0 saturated carbocycles. The van der Waals surface area contributed by atoms with Crippen molar-refractivity contribution in [1.29, 1.82) is 0 Å². The number of halogens is 1. The Bertz CT molecular complexity index is 759. The number of ether oxygens (including phenoxy) is 2. The summed E-state index contributed by atoms with van der Waals surface area (Å²) < 4.78 is 13.3. The zero-order valence-electron chi connectivity index (χ0n) is 17.3. The van der Waals surface area contributed by atoms with E-state index in [1.54, 1.807) is 18.4 Å². The molecule has 0 unspecified atom stereocenters. The van der Waals surface area contributed by atoms with E-state index in [-0.39, 0.29) is 29.6 Å². The fourth-order valence-electron chi connectivity index (χ4n) is 3.11. The molecule has 0 amide bonds. The van der Waals surface area contributed by atoms with Crippen molar-refractivity contribution in [3.8, 4) is 0 Å². The Morgan fingerprint density at radius 3 is 2.76 bits per heavy atom. The number of thiophene rings is 1. The van der Waals surface area contributed by atoms with Gasteiger partial charge < -0.3 is 24.7 Å². The number of nitrogens with one attached hydrogen (secondary N) is 2. The predicted molar refractivity (Wildman–Crippen MR) is 126 cm³/mol. The second kappa shape index (κ2) is 11.8. The molecule has 3 rings (SSSR count). The van der Waals surface area contributed by atoms with Crippen LogP contribution in [0.5, 0.6) is 0 Å². The third-order valence-corrected chi connectivity index (χ3v) is 6.16. The molecule has 1 saturated heterocycles. The van der Waals surface area contributed by atoms with Crippen molar-refractivity contribution in [1.82, 2.24) is 25.4 Å². The zero-order valence-corrected chi connectivity index (χ0v) is 20.5. The van der Waals surface area contributed by atoms with Crippen LogP contribution in [0.1, 0.15) is 29.4 Å². The van der Waals surface area contributed by atoms with Crippen LogP contribution in [0.4, 0.5) is 0 Å². The van der Waals surface area contributed by atoms with Gasteiger partial charge in [0.15, 0.2) is 11.8 Å². The van der Waals surface area contributed by atoms with Crippen LogP contribution in [0.2, 0.25) is 0 Å². The van der Waals surface area contributed by atoms with E-state index in [0.29, 0.717) is 13.1 Å². The number of aryl methyl sites for hydroxylation is 1. The Morgan fingerprint density at radius 1 is 1.34 bits per heavy atom. The Labute approximate surface area is 193 Å². The second-order valence-corrected chi connectivity index (χ2v) is 8.03. The van der Waals surface area contributed by atoms with Crippen molar-refractivity contribution in [2.45, 2.75) is 38.3 Å². The molecule has 2 aromatic rings. The highest BCUT2D eigenvalue weighted by Crippen LogP contribution is 2.23. The number of aromatic nitrogens is 3.